The topological polar surface area (TPSA) is 41.1 Å². The van der Waals surface area contributed by atoms with E-state index in [0.29, 0.717) is 12.6 Å². The highest BCUT2D eigenvalue weighted by Crippen LogP contribution is 2.19. The quantitative estimate of drug-likeness (QED) is 0.888. The van der Waals surface area contributed by atoms with Crippen LogP contribution in [-0.2, 0) is 4.79 Å². The standard InChI is InChI=1S/C15H21BrN2O/c1-11-7-12(16)9-14(8-11)17-10-15(19)18-13-5-3-2-4-6-13/h7-9,13,17H,2-6,10H2,1H3,(H,18,19). The molecule has 1 aromatic rings. The van der Waals surface area contributed by atoms with Crippen LogP contribution in [0.2, 0.25) is 0 Å². The Morgan fingerprint density at radius 1 is 1.26 bits per heavy atom. The Morgan fingerprint density at radius 3 is 2.68 bits per heavy atom. The molecule has 0 heterocycles. The number of carbonyl (C=O) groups excluding carboxylic acids is 1. The first-order valence-electron chi connectivity index (χ1n) is 6.94. The molecule has 1 fully saturated rings. The molecule has 2 rings (SSSR count). The van der Waals surface area contributed by atoms with E-state index in [1.165, 1.54) is 24.8 Å². The number of nitrogens with one attached hydrogen (secondary N) is 2. The van der Waals surface area contributed by atoms with E-state index in [1.807, 2.05) is 25.1 Å². The van der Waals surface area contributed by atoms with E-state index in [0.717, 1.165) is 23.0 Å². The Bertz CT molecular complexity index is 422. The minimum Gasteiger partial charge on any atom is -0.376 e. The van der Waals surface area contributed by atoms with Gasteiger partial charge in [-0.3, -0.25) is 4.79 Å². The average Bonchev–Trinajstić information content (AvgIpc) is 2.36. The maximum Gasteiger partial charge on any atom is 0.239 e. The molecule has 3 nitrogen and oxygen atoms in total. The van der Waals surface area contributed by atoms with E-state index in [4.69, 9.17) is 0 Å². The van der Waals surface area contributed by atoms with Gasteiger partial charge in [-0.05, 0) is 43.5 Å². The first-order chi connectivity index (χ1) is 9.13. The summed E-state index contributed by atoms with van der Waals surface area (Å²) in [6, 6.07) is 6.46. The van der Waals surface area contributed by atoms with E-state index in [1.54, 1.807) is 0 Å². The zero-order chi connectivity index (χ0) is 13.7. The van der Waals surface area contributed by atoms with Crippen molar-refractivity contribution in [3.8, 4) is 0 Å². The predicted molar refractivity (Wildman–Crippen MR) is 82.4 cm³/mol. The smallest absolute Gasteiger partial charge is 0.239 e. The first-order valence-corrected chi connectivity index (χ1v) is 7.73. The normalized spacial score (nSPS) is 16.1. The zero-order valence-electron chi connectivity index (χ0n) is 11.3. The summed E-state index contributed by atoms with van der Waals surface area (Å²) in [4.78, 5) is 11.9. The fourth-order valence-electron chi connectivity index (χ4n) is 2.55. The van der Waals surface area contributed by atoms with Gasteiger partial charge < -0.3 is 10.6 Å². The number of hydrogen-bond acceptors (Lipinski definition) is 2. The van der Waals surface area contributed by atoms with E-state index >= 15 is 0 Å². The molecule has 0 aliphatic heterocycles. The van der Waals surface area contributed by atoms with Gasteiger partial charge in [0.15, 0.2) is 0 Å². The highest BCUT2D eigenvalue weighted by Gasteiger charge is 2.15. The van der Waals surface area contributed by atoms with Crippen molar-refractivity contribution in [3.05, 3.63) is 28.2 Å². The van der Waals surface area contributed by atoms with Crippen molar-refractivity contribution in [1.29, 1.82) is 0 Å². The van der Waals surface area contributed by atoms with Crippen LogP contribution in [0, 0.1) is 6.92 Å². The van der Waals surface area contributed by atoms with Gasteiger partial charge in [-0.1, -0.05) is 35.2 Å². The van der Waals surface area contributed by atoms with E-state index in [2.05, 4.69) is 26.6 Å². The summed E-state index contributed by atoms with van der Waals surface area (Å²) in [5.41, 5.74) is 2.15. The maximum absolute atomic E-state index is 11.9. The number of rotatable bonds is 4. The monoisotopic (exact) mass is 324 g/mol. The molecule has 0 unspecified atom stereocenters. The molecule has 1 amide bonds. The molecule has 1 aliphatic rings. The molecule has 0 spiro atoms. The lowest BCUT2D eigenvalue weighted by atomic mass is 9.95. The van der Waals surface area contributed by atoms with E-state index in [-0.39, 0.29) is 5.91 Å². The van der Waals surface area contributed by atoms with Crippen LogP contribution < -0.4 is 10.6 Å². The van der Waals surface area contributed by atoms with Crippen molar-refractivity contribution in [1.82, 2.24) is 5.32 Å². The number of benzene rings is 1. The van der Waals surface area contributed by atoms with Crippen LogP contribution in [0.3, 0.4) is 0 Å². The minimum absolute atomic E-state index is 0.0875. The maximum atomic E-state index is 11.9. The lowest BCUT2D eigenvalue weighted by Crippen LogP contribution is -2.39. The van der Waals surface area contributed by atoms with E-state index < -0.39 is 0 Å². The third-order valence-corrected chi connectivity index (χ3v) is 3.92. The number of anilines is 1. The molecule has 4 heteroatoms. The largest absolute Gasteiger partial charge is 0.376 e. The molecule has 2 N–H and O–H groups in total. The van der Waals surface area contributed by atoms with Gasteiger partial charge in [0, 0.05) is 16.2 Å². The molecule has 0 bridgehead atoms. The second kappa shape index (κ2) is 6.94. The van der Waals surface area contributed by atoms with Crippen molar-refractivity contribution in [2.24, 2.45) is 0 Å². The number of halogens is 1. The molecule has 0 atom stereocenters. The molecule has 1 aliphatic carbocycles. The fourth-order valence-corrected chi connectivity index (χ4v) is 3.15. The van der Waals surface area contributed by atoms with Gasteiger partial charge in [0.05, 0.1) is 6.54 Å². The molecule has 1 aromatic carbocycles. The average molecular weight is 325 g/mol. The Hall–Kier alpha value is -1.03. The van der Waals surface area contributed by atoms with Crippen LogP contribution in [0.15, 0.2) is 22.7 Å². The van der Waals surface area contributed by atoms with Crippen molar-refractivity contribution in [2.45, 2.75) is 45.1 Å². The third kappa shape index (κ3) is 4.86. The lowest BCUT2D eigenvalue weighted by molar-refractivity contribution is -0.120. The Labute approximate surface area is 123 Å². The van der Waals surface area contributed by atoms with Crippen molar-refractivity contribution < 1.29 is 4.79 Å². The fraction of sp³-hybridized carbons (Fsp3) is 0.533. The van der Waals surface area contributed by atoms with Crippen molar-refractivity contribution >= 4 is 27.5 Å². The van der Waals surface area contributed by atoms with Crippen LogP contribution in [0.5, 0.6) is 0 Å². The second-order valence-electron chi connectivity index (χ2n) is 5.27. The van der Waals surface area contributed by atoms with Gasteiger partial charge in [-0.2, -0.15) is 0 Å². The van der Waals surface area contributed by atoms with Crippen LogP contribution >= 0.6 is 15.9 Å². The Kier molecular flexibility index (Phi) is 5.25. The molecule has 0 aromatic heterocycles. The van der Waals surface area contributed by atoms with Crippen LogP contribution in [0.4, 0.5) is 5.69 Å². The van der Waals surface area contributed by atoms with Crippen molar-refractivity contribution in [3.63, 3.8) is 0 Å². The summed E-state index contributed by atoms with van der Waals surface area (Å²) in [5, 5.41) is 6.28. The third-order valence-electron chi connectivity index (χ3n) is 3.47. The summed E-state index contributed by atoms with van der Waals surface area (Å²) in [6.07, 6.45) is 6.04. The molecule has 0 radical (unpaired) electrons. The number of carbonyl (C=O) groups is 1. The van der Waals surface area contributed by atoms with Gasteiger partial charge in [-0.15, -0.1) is 0 Å². The summed E-state index contributed by atoms with van der Waals surface area (Å²) in [6.45, 7) is 2.38. The molecule has 104 valence electrons. The summed E-state index contributed by atoms with van der Waals surface area (Å²) in [5.74, 6) is 0.0875. The predicted octanol–water partition coefficient (Wildman–Crippen LogP) is 3.62. The highest BCUT2D eigenvalue weighted by atomic mass is 79.9. The minimum atomic E-state index is 0.0875. The van der Waals surface area contributed by atoms with Crippen LogP contribution in [-0.4, -0.2) is 18.5 Å². The molecule has 19 heavy (non-hydrogen) atoms. The lowest BCUT2D eigenvalue weighted by Gasteiger charge is -2.22. The molecular weight excluding hydrogens is 304 g/mol. The SMILES string of the molecule is Cc1cc(Br)cc(NCC(=O)NC2CCCCC2)c1. The van der Waals surface area contributed by atoms with Crippen LogP contribution in [0.1, 0.15) is 37.7 Å². The van der Waals surface area contributed by atoms with Gasteiger partial charge in [0.25, 0.3) is 0 Å². The number of amides is 1. The van der Waals surface area contributed by atoms with Gasteiger partial charge >= 0.3 is 0 Å². The Balaban J connectivity index is 1.79. The van der Waals surface area contributed by atoms with Gasteiger partial charge in [-0.25, -0.2) is 0 Å². The molecule has 1 saturated carbocycles. The second-order valence-corrected chi connectivity index (χ2v) is 6.19. The van der Waals surface area contributed by atoms with E-state index in [9.17, 15) is 4.79 Å². The van der Waals surface area contributed by atoms with Gasteiger partial charge in [0.1, 0.15) is 0 Å². The molecule has 0 saturated heterocycles. The van der Waals surface area contributed by atoms with Gasteiger partial charge in [0.2, 0.25) is 5.91 Å². The van der Waals surface area contributed by atoms with Crippen LogP contribution in [0.25, 0.3) is 0 Å². The summed E-state index contributed by atoms with van der Waals surface area (Å²) in [7, 11) is 0. The number of hydrogen-bond donors (Lipinski definition) is 2. The summed E-state index contributed by atoms with van der Waals surface area (Å²) >= 11 is 3.46. The van der Waals surface area contributed by atoms with Crippen molar-refractivity contribution in [2.75, 3.05) is 11.9 Å². The first kappa shape index (κ1) is 14.4. The number of aryl methyl sites for hydroxylation is 1. The highest BCUT2D eigenvalue weighted by molar-refractivity contribution is 9.10. The Morgan fingerprint density at radius 2 is 2.00 bits per heavy atom. The zero-order valence-corrected chi connectivity index (χ0v) is 12.9. The summed E-state index contributed by atoms with van der Waals surface area (Å²) < 4.78 is 1.03. The molecular formula is C15H21BrN2O.